The second-order valence-corrected chi connectivity index (χ2v) is 7.68. The van der Waals surface area contributed by atoms with Crippen LogP contribution in [-0.2, 0) is 16.0 Å². The minimum Gasteiger partial charge on any atom is -0.473 e. The van der Waals surface area contributed by atoms with Crippen molar-refractivity contribution >= 4 is 23.7 Å². The molecule has 0 amide bonds. The highest BCUT2D eigenvalue weighted by Crippen LogP contribution is 2.19. The van der Waals surface area contributed by atoms with Crippen LogP contribution in [0.15, 0.2) is 59.5 Å². The van der Waals surface area contributed by atoms with Crippen molar-refractivity contribution in [1.29, 1.82) is 0 Å². The fraction of sp³-hybridized carbons (Fsp3) is 0.364. The van der Waals surface area contributed by atoms with E-state index < -0.39 is 11.9 Å². The molecule has 0 fully saturated rings. The van der Waals surface area contributed by atoms with Gasteiger partial charge in [-0.3, -0.25) is 0 Å². The fourth-order valence-electron chi connectivity index (χ4n) is 2.46. The van der Waals surface area contributed by atoms with Gasteiger partial charge in [0, 0.05) is 11.4 Å². The van der Waals surface area contributed by atoms with Crippen molar-refractivity contribution in [3.05, 3.63) is 66.0 Å². The van der Waals surface area contributed by atoms with Crippen molar-refractivity contribution in [3.8, 4) is 0 Å². The van der Waals surface area contributed by atoms with Gasteiger partial charge in [0.05, 0.1) is 0 Å². The largest absolute Gasteiger partial charge is 0.473 e. The molecule has 5 nitrogen and oxygen atoms in total. The normalized spacial score (nSPS) is 10.3. The molecular weight excluding hydrogens is 393 g/mol. The summed E-state index contributed by atoms with van der Waals surface area (Å²) < 4.78 is 12.8. The minimum atomic E-state index is -1.82. The highest BCUT2D eigenvalue weighted by atomic mass is 32.2. The molecule has 0 aliphatic heterocycles. The molecule has 0 spiro atoms. The van der Waals surface area contributed by atoms with E-state index in [0.29, 0.717) is 0 Å². The highest BCUT2D eigenvalue weighted by Gasteiger charge is 2.04. The third-order valence-corrected chi connectivity index (χ3v) is 5.17. The van der Waals surface area contributed by atoms with E-state index in [0.717, 1.165) is 30.2 Å². The van der Waals surface area contributed by atoms with Crippen molar-refractivity contribution in [2.75, 3.05) is 25.9 Å². The van der Waals surface area contributed by atoms with E-state index in [9.17, 15) is 4.39 Å². The lowest BCUT2D eigenvalue weighted by atomic mass is 10.1. The van der Waals surface area contributed by atoms with Crippen molar-refractivity contribution in [1.82, 2.24) is 4.90 Å². The molecule has 2 N–H and O–H groups in total. The molecule has 0 atom stereocenters. The van der Waals surface area contributed by atoms with Gasteiger partial charge >= 0.3 is 11.9 Å². The van der Waals surface area contributed by atoms with Gasteiger partial charge in [-0.05, 0) is 68.4 Å². The maximum Gasteiger partial charge on any atom is 0.414 e. The molecule has 0 bridgehead atoms. The number of thioether (sulfide) groups is 1. The molecule has 0 aromatic heterocycles. The summed E-state index contributed by atoms with van der Waals surface area (Å²) in [6.45, 7) is 2.28. The Morgan fingerprint density at radius 3 is 2.10 bits per heavy atom. The quantitative estimate of drug-likeness (QED) is 0.336. The fourth-order valence-corrected chi connectivity index (χ4v) is 3.37. The van der Waals surface area contributed by atoms with Gasteiger partial charge in [0.25, 0.3) is 0 Å². The Balaban J connectivity index is 0.000000612. The highest BCUT2D eigenvalue weighted by molar-refractivity contribution is 7.99. The molecule has 0 unspecified atom stereocenters. The van der Waals surface area contributed by atoms with Gasteiger partial charge in [-0.25, -0.2) is 14.0 Å². The van der Waals surface area contributed by atoms with Gasteiger partial charge in [0.1, 0.15) is 5.82 Å². The van der Waals surface area contributed by atoms with Gasteiger partial charge in [0.15, 0.2) is 0 Å². The maximum absolute atomic E-state index is 12.8. The molecule has 0 saturated carbocycles. The zero-order valence-corrected chi connectivity index (χ0v) is 17.4. The zero-order chi connectivity index (χ0) is 21.5. The van der Waals surface area contributed by atoms with Gasteiger partial charge in [0.2, 0.25) is 0 Å². The number of carboxylic acid groups (broad SMARTS) is 2. The Hall–Kier alpha value is -2.38. The summed E-state index contributed by atoms with van der Waals surface area (Å²) in [4.78, 5) is 21.8. The topological polar surface area (TPSA) is 77.8 Å². The number of aliphatic carboxylic acids is 2. The summed E-state index contributed by atoms with van der Waals surface area (Å²) in [6.07, 6.45) is 4.84. The number of nitrogens with zero attached hydrogens (tertiary/aromatic N) is 1. The standard InChI is InChI=1S/C20H26FNS.C2H2O4/c1-22(16-14-18-8-4-2-5-9-18)15-6-3-7-17-23-20-12-10-19(21)11-13-20;3-1(4)2(5)6/h2,4-5,8-13H,3,6-7,14-17H2,1H3;(H,3,4)(H,5,6). The average Bonchev–Trinajstić information content (AvgIpc) is 2.71. The van der Waals surface area contributed by atoms with Crippen LogP contribution < -0.4 is 0 Å². The number of benzene rings is 2. The van der Waals surface area contributed by atoms with E-state index in [4.69, 9.17) is 19.8 Å². The Labute approximate surface area is 175 Å². The molecule has 0 aliphatic rings. The van der Waals surface area contributed by atoms with Gasteiger partial charge in [-0.15, -0.1) is 11.8 Å². The van der Waals surface area contributed by atoms with Crippen LogP contribution in [-0.4, -0.2) is 52.9 Å². The summed E-state index contributed by atoms with van der Waals surface area (Å²) >= 11 is 1.82. The van der Waals surface area contributed by atoms with Crippen LogP contribution in [0.3, 0.4) is 0 Å². The van der Waals surface area contributed by atoms with E-state index in [2.05, 4.69) is 42.3 Å². The van der Waals surface area contributed by atoms with Crippen LogP contribution >= 0.6 is 11.8 Å². The predicted molar refractivity (Wildman–Crippen MR) is 114 cm³/mol. The maximum atomic E-state index is 12.8. The van der Waals surface area contributed by atoms with Crippen LogP contribution in [0.4, 0.5) is 4.39 Å². The van der Waals surface area contributed by atoms with E-state index in [1.54, 1.807) is 0 Å². The Morgan fingerprint density at radius 2 is 1.52 bits per heavy atom. The number of hydrogen-bond acceptors (Lipinski definition) is 4. The number of carbonyl (C=O) groups is 2. The number of hydrogen-bond donors (Lipinski definition) is 2. The molecular formula is C22H28FNO4S. The summed E-state index contributed by atoms with van der Waals surface area (Å²) in [5, 5.41) is 14.8. The molecule has 0 radical (unpaired) electrons. The first-order valence-corrected chi connectivity index (χ1v) is 10.4. The van der Waals surface area contributed by atoms with Crippen molar-refractivity contribution < 1.29 is 24.2 Å². The number of rotatable bonds is 10. The van der Waals surface area contributed by atoms with E-state index in [1.807, 2.05) is 23.9 Å². The van der Waals surface area contributed by atoms with Crippen LogP contribution in [0.1, 0.15) is 24.8 Å². The molecule has 158 valence electrons. The first-order chi connectivity index (χ1) is 13.9. The first kappa shape index (κ1) is 24.7. The number of unbranched alkanes of at least 4 members (excludes halogenated alkanes) is 2. The molecule has 29 heavy (non-hydrogen) atoms. The van der Waals surface area contributed by atoms with E-state index >= 15 is 0 Å². The van der Waals surface area contributed by atoms with Crippen molar-refractivity contribution in [2.24, 2.45) is 0 Å². The van der Waals surface area contributed by atoms with E-state index in [-0.39, 0.29) is 5.82 Å². The number of halogens is 1. The van der Waals surface area contributed by atoms with Gasteiger partial charge < -0.3 is 15.1 Å². The summed E-state index contributed by atoms with van der Waals surface area (Å²) in [7, 11) is 2.20. The third-order valence-electron chi connectivity index (χ3n) is 4.07. The molecule has 0 saturated heterocycles. The monoisotopic (exact) mass is 421 g/mol. The lowest BCUT2D eigenvalue weighted by Gasteiger charge is -2.16. The first-order valence-electron chi connectivity index (χ1n) is 9.45. The Morgan fingerprint density at radius 1 is 0.897 bits per heavy atom. The van der Waals surface area contributed by atoms with Gasteiger partial charge in [-0.1, -0.05) is 36.8 Å². The van der Waals surface area contributed by atoms with Crippen LogP contribution in [0.25, 0.3) is 0 Å². The van der Waals surface area contributed by atoms with Crippen LogP contribution in [0.2, 0.25) is 0 Å². The lowest BCUT2D eigenvalue weighted by Crippen LogP contribution is -2.22. The van der Waals surface area contributed by atoms with Crippen LogP contribution in [0.5, 0.6) is 0 Å². The second kappa shape index (κ2) is 14.6. The second-order valence-electron chi connectivity index (χ2n) is 6.51. The van der Waals surface area contributed by atoms with E-state index in [1.165, 1.54) is 37.0 Å². The zero-order valence-electron chi connectivity index (χ0n) is 16.6. The molecule has 2 aromatic rings. The summed E-state index contributed by atoms with van der Waals surface area (Å²) in [5.74, 6) is -2.70. The number of carboxylic acids is 2. The smallest absolute Gasteiger partial charge is 0.414 e. The molecule has 2 aromatic carbocycles. The summed E-state index contributed by atoms with van der Waals surface area (Å²) in [6, 6.07) is 17.4. The SMILES string of the molecule is CN(CCCCCSc1ccc(F)cc1)CCc1ccccc1.O=C(O)C(=O)O. The third kappa shape index (κ3) is 12.6. The minimum absolute atomic E-state index is 0.159. The van der Waals surface area contributed by atoms with Crippen LogP contribution in [0, 0.1) is 5.82 Å². The molecule has 7 heteroatoms. The molecule has 0 aliphatic carbocycles. The van der Waals surface area contributed by atoms with Crippen molar-refractivity contribution in [3.63, 3.8) is 0 Å². The Bertz CT molecular complexity index is 713. The molecule has 0 heterocycles. The lowest BCUT2D eigenvalue weighted by molar-refractivity contribution is -0.159. The van der Waals surface area contributed by atoms with Crippen molar-refractivity contribution in [2.45, 2.75) is 30.6 Å². The Kier molecular flexibility index (Phi) is 12.4. The summed E-state index contributed by atoms with van der Waals surface area (Å²) in [5.41, 5.74) is 1.41. The number of likely N-dealkylation sites (N-methyl/N-ethyl adjacent to an activating group) is 1. The van der Waals surface area contributed by atoms with Gasteiger partial charge in [-0.2, -0.15) is 0 Å². The average molecular weight is 422 g/mol. The molecule has 2 rings (SSSR count). The predicted octanol–water partition coefficient (Wildman–Crippen LogP) is 4.42.